The van der Waals surface area contributed by atoms with Crippen LogP contribution in [0.4, 0.5) is 0 Å². The topological polar surface area (TPSA) is 75.1 Å². The van der Waals surface area contributed by atoms with Crippen molar-refractivity contribution in [2.45, 2.75) is 19.4 Å². The Morgan fingerprint density at radius 3 is 2.50 bits per heavy atom. The molecule has 0 spiro atoms. The number of aromatic nitrogens is 2. The molecule has 5 heteroatoms. The van der Waals surface area contributed by atoms with Crippen molar-refractivity contribution in [2.75, 3.05) is 6.61 Å². The molecule has 1 atom stereocenters. The van der Waals surface area contributed by atoms with Crippen LogP contribution in [0, 0.1) is 6.92 Å². The predicted octanol–water partition coefficient (Wildman–Crippen LogP) is 1.42. The summed E-state index contributed by atoms with van der Waals surface area (Å²) in [6.45, 7) is 3.36. The molecule has 0 saturated carbocycles. The third-order valence-electron chi connectivity index (χ3n) is 3.13. The molecule has 0 radical (unpaired) electrons. The number of carbonyl (C=O) groups is 1. The summed E-state index contributed by atoms with van der Waals surface area (Å²) in [6.07, 6.45) is 2.96. The van der Waals surface area contributed by atoms with Gasteiger partial charge < -0.3 is 10.4 Å². The average Bonchev–Trinajstić information content (AvgIpc) is 2.48. The van der Waals surface area contributed by atoms with Gasteiger partial charge >= 0.3 is 0 Å². The molecule has 20 heavy (non-hydrogen) atoms. The SMILES string of the molecule is Cc1cnc(C(=O)NC(C)(CO)c2ccccc2)cn1. The van der Waals surface area contributed by atoms with Gasteiger partial charge in [-0.15, -0.1) is 0 Å². The largest absolute Gasteiger partial charge is 0.394 e. The normalized spacial score (nSPS) is 13.6. The summed E-state index contributed by atoms with van der Waals surface area (Å²) >= 11 is 0. The van der Waals surface area contributed by atoms with E-state index >= 15 is 0 Å². The second-order valence-corrected chi connectivity index (χ2v) is 4.85. The van der Waals surface area contributed by atoms with Crippen molar-refractivity contribution in [3.63, 3.8) is 0 Å². The lowest BCUT2D eigenvalue weighted by atomic mass is 9.93. The van der Waals surface area contributed by atoms with Gasteiger partial charge in [-0.3, -0.25) is 9.78 Å². The molecule has 0 bridgehead atoms. The highest BCUT2D eigenvalue weighted by atomic mass is 16.3. The molecule has 1 aromatic carbocycles. The molecule has 2 aromatic rings. The lowest BCUT2D eigenvalue weighted by Gasteiger charge is -2.29. The Hall–Kier alpha value is -2.27. The maximum atomic E-state index is 12.2. The van der Waals surface area contributed by atoms with Gasteiger partial charge in [0.1, 0.15) is 5.69 Å². The Kier molecular flexibility index (Phi) is 4.10. The molecule has 1 aromatic heterocycles. The van der Waals surface area contributed by atoms with E-state index in [0.717, 1.165) is 11.3 Å². The third kappa shape index (κ3) is 3.00. The van der Waals surface area contributed by atoms with Crippen molar-refractivity contribution >= 4 is 5.91 Å². The molecule has 1 heterocycles. The van der Waals surface area contributed by atoms with Crippen LogP contribution in [0.1, 0.15) is 28.7 Å². The fourth-order valence-electron chi connectivity index (χ4n) is 1.83. The zero-order valence-corrected chi connectivity index (χ0v) is 11.5. The molecule has 0 saturated heterocycles. The van der Waals surface area contributed by atoms with E-state index in [2.05, 4.69) is 15.3 Å². The minimum atomic E-state index is -0.856. The number of aryl methyl sites for hydroxylation is 1. The first-order valence-electron chi connectivity index (χ1n) is 6.33. The smallest absolute Gasteiger partial charge is 0.272 e. The van der Waals surface area contributed by atoms with Gasteiger partial charge in [-0.05, 0) is 19.4 Å². The van der Waals surface area contributed by atoms with Gasteiger partial charge in [0.25, 0.3) is 5.91 Å². The summed E-state index contributed by atoms with van der Waals surface area (Å²) in [5.41, 5.74) is 0.946. The van der Waals surface area contributed by atoms with E-state index in [1.54, 1.807) is 13.8 Å². The number of amides is 1. The number of hydrogen-bond acceptors (Lipinski definition) is 4. The Morgan fingerprint density at radius 2 is 1.95 bits per heavy atom. The second-order valence-electron chi connectivity index (χ2n) is 4.85. The maximum absolute atomic E-state index is 12.2. The molecule has 2 N–H and O–H groups in total. The standard InChI is InChI=1S/C15H17N3O2/c1-11-8-17-13(9-16-11)14(20)18-15(2,10-19)12-6-4-3-5-7-12/h3-9,19H,10H2,1-2H3,(H,18,20). The van der Waals surface area contributed by atoms with Crippen LogP contribution in [-0.4, -0.2) is 27.6 Å². The fourth-order valence-corrected chi connectivity index (χ4v) is 1.83. The Bertz CT molecular complexity index is 584. The van der Waals surface area contributed by atoms with Crippen molar-refractivity contribution in [2.24, 2.45) is 0 Å². The molecule has 0 fully saturated rings. The highest BCUT2D eigenvalue weighted by Crippen LogP contribution is 2.20. The highest BCUT2D eigenvalue weighted by Gasteiger charge is 2.28. The molecule has 2 rings (SSSR count). The number of aliphatic hydroxyl groups is 1. The van der Waals surface area contributed by atoms with Crippen LogP contribution < -0.4 is 5.32 Å². The minimum absolute atomic E-state index is 0.206. The summed E-state index contributed by atoms with van der Waals surface area (Å²) in [5, 5.41) is 12.4. The number of aliphatic hydroxyl groups excluding tert-OH is 1. The summed E-state index contributed by atoms with van der Waals surface area (Å²) in [7, 11) is 0. The predicted molar refractivity (Wildman–Crippen MR) is 75.1 cm³/mol. The van der Waals surface area contributed by atoms with E-state index in [4.69, 9.17) is 0 Å². The number of benzene rings is 1. The Morgan fingerprint density at radius 1 is 1.25 bits per heavy atom. The zero-order chi connectivity index (χ0) is 14.6. The van der Waals surface area contributed by atoms with E-state index < -0.39 is 5.54 Å². The number of hydrogen-bond donors (Lipinski definition) is 2. The molecule has 5 nitrogen and oxygen atoms in total. The van der Waals surface area contributed by atoms with Gasteiger partial charge in [-0.1, -0.05) is 30.3 Å². The van der Waals surface area contributed by atoms with Gasteiger partial charge in [0.2, 0.25) is 0 Å². The second kappa shape index (κ2) is 5.79. The number of carbonyl (C=O) groups excluding carboxylic acids is 1. The summed E-state index contributed by atoms with van der Waals surface area (Å²) < 4.78 is 0. The van der Waals surface area contributed by atoms with Crippen molar-refractivity contribution in [3.8, 4) is 0 Å². The Labute approximate surface area is 117 Å². The first kappa shape index (κ1) is 14.1. The molecule has 104 valence electrons. The van der Waals surface area contributed by atoms with Crippen LogP contribution in [0.5, 0.6) is 0 Å². The van der Waals surface area contributed by atoms with Crippen LogP contribution >= 0.6 is 0 Å². The van der Waals surface area contributed by atoms with E-state index in [9.17, 15) is 9.90 Å². The van der Waals surface area contributed by atoms with E-state index in [1.165, 1.54) is 12.4 Å². The lowest BCUT2D eigenvalue weighted by molar-refractivity contribution is 0.0844. The lowest BCUT2D eigenvalue weighted by Crippen LogP contribution is -2.46. The van der Waals surface area contributed by atoms with Crippen molar-refractivity contribution in [1.82, 2.24) is 15.3 Å². The van der Waals surface area contributed by atoms with Crippen LogP contribution in [0.15, 0.2) is 42.7 Å². The third-order valence-corrected chi connectivity index (χ3v) is 3.13. The highest BCUT2D eigenvalue weighted by molar-refractivity contribution is 5.92. The average molecular weight is 271 g/mol. The Balaban J connectivity index is 2.22. The van der Waals surface area contributed by atoms with Crippen LogP contribution in [0.25, 0.3) is 0 Å². The number of nitrogens with one attached hydrogen (secondary N) is 1. The van der Waals surface area contributed by atoms with Crippen molar-refractivity contribution in [3.05, 3.63) is 59.7 Å². The molecule has 0 aliphatic heterocycles. The van der Waals surface area contributed by atoms with Crippen molar-refractivity contribution < 1.29 is 9.90 Å². The molecule has 1 amide bonds. The summed E-state index contributed by atoms with van der Waals surface area (Å²) in [6, 6.07) is 9.32. The van der Waals surface area contributed by atoms with Crippen LogP contribution in [0.2, 0.25) is 0 Å². The van der Waals surface area contributed by atoms with Gasteiger partial charge in [0, 0.05) is 6.20 Å². The van der Waals surface area contributed by atoms with Crippen LogP contribution in [-0.2, 0) is 5.54 Å². The van der Waals surface area contributed by atoms with E-state index in [1.807, 2.05) is 30.3 Å². The molecule has 1 unspecified atom stereocenters. The van der Waals surface area contributed by atoms with Gasteiger partial charge in [-0.2, -0.15) is 0 Å². The number of nitrogens with zero attached hydrogens (tertiary/aromatic N) is 2. The number of rotatable bonds is 4. The minimum Gasteiger partial charge on any atom is -0.394 e. The van der Waals surface area contributed by atoms with E-state index in [0.29, 0.717) is 0 Å². The maximum Gasteiger partial charge on any atom is 0.272 e. The summed E-state index contributed by atoms with van der Waals surface area (Å²) in [4.78, 5) is 20.3. The quantitative estimate of drug-likeness (QED) is 0.882. The van der Waals surface area contributed by atoms with E-state index in [-0.39, 0.29) is 18.2 Å². The van der Waals surface area contributed by atoms with Gasteiger partial charge in [0.05, 0.1) is 24.0 Å². The zero-order valence-electron chi connectivity index (χ0n) is 11.5. The van der Waals surface area contributed by atoms with Gasteiger partial charge in [0.15, 0.2) is 0 Å². The monoisotopic (exact) mass is 271 g/mol. The molecule has 0 aliphatic rings. The van der Waals surface area contributed by atoms with Crippen molar-refractivity contribution in [1.29, 1.82) is 0 Å². The summed E-state index contributed by atoms with van der Waals surface area (Å²) in [5.74, 6) is -0.363. The molecular formula is C15H17N3O2. The molecule has 0 aliphatic carbocycles. The fraction of sp³-hybridized carbons (Fsp3) is 0.267. The first-order chi connectivity index (χ1) is 9.55. The molecular weight excluding hydrogens is 254 g/mol. The van der Waals surface area contributed by atoms with Crippen LogP contribution in [0.3, 0.4) is 0 Å². The van der Waals surface area contributed by atoms with Gasteiger partial charge in [-0.25, -0.2) is 4.98 Å². The first-order valence-corrected chi connectivity index (χ1v) is 6.33.